The van der Waals surface area contributed by atoms with Gasteiger partial charge in [-0.2, -0.15) is 0 Å². The molecule has 5 heteroatoms. The van der Waals surface area contributed by atoms with Crippen molar-refractivity contribution in [1.82, 2.24) is 4.98 Å². The van der Waals surface area contributed by atoms with Gasteiger partial charge in [0.1, 0.15) is 11.9 Å². The molecule has 1 atom stereocenters. The van der Waals surface area contributed by atoms with E-state index in [-0.39, 0.29) is 5.82 Å². The number of aliphatic hydroxyl groups is 1. The highest BCUT2D eigenvalue weighted by atomic mass is 35.5. The van der Waals surface area contributed by atoms with Gasteiger partial charge in [0.25, 0.3) is 0 Å². The Kier molecular flexibility index (Phi) is 4.21. The number of hydrogen-bond acceptors (Lipinski definition) is 1. The summed E-state index contributed by atoms with van der Waals surface area (Å²) in [4.78, 5) is 2.98. The lowest BCUT2D eigenvalue weighted by Gasteiger charge is -2.13. The van der Waals surface area contributed by atoms with Crippen LogP contribution in [0.2, 0.25) is 10.0 Å². The molecule has 0 aliphatic heterocycles. The highest BCUT2D eigenvalue weighted by Crippen LogP contribution is 2.36. The summed E-state index contributed by atoms with van der Waals surface area (Å²) < 4.78 is 13.0. The van der Waals surface area contributed by atoms with Crippen molar-refractivity contribution < 1.29 is 9.50 Å². The molecule has 1 aromatic heterocycles. The first kappa shape index (κ1) is 15.1. The molecule has 2 aromatic carbocycles. The second-order valence-electron chi connectivity index (χ2n) is 4.90. The van der Waals surface area contributed by atoms with Gasteiger partial charge >= 0.3 is 0 Å². The minimum absolute atomic E-state index is 0.342. The molecule has 2 N–H and O–H groups in total. The van der Waals surface area contributed by atoms with E-state index in [0.29, 0.717) is 21.2 Å². The maximum absolute atomic E-state index is 13.0. The fourth-order valence-electron chi connectivity index (χ4n) is 2.37. The van der Waals surface area contributed by atoms with Gasteiger partial charge in [-0.25, -0.2) is 4.39 Å². The zero-order valence-corrected chi connectivity index (χ0v) is 12.9. The summed E-state index contributed by atoms with van der Waals surface area (Å²) in [7, 11) is 0. The summed E-state index contributed by atoms with van der Waals surface area (Å²) in [5.41, 5.74) is 2.81. The lowest BCUT2D eigenvalue weighted by molar-refractivity contribution is 0.221. The third-order valence-electron chi connectivity index (χ3n) is 3.48. The van der Waals surface area contributed by atoms with Crippen molar-refractivity contribution in [3.63, 3.8) is 0 Å². The summed E-state index contributed by atoms with van der Waals surface area (Å²) in [6, 6.07) is 10.9. The van der Waals surface area contributed by atoms with Crippen molar-refractivity contribution in [2.45, 2.75) is 6.10 Å². The smallest absolute Gasteiger partial charge is 0.123 e. The molecular weight excluding hydrogens is 324 g/mol. The van der Waals surface area contributed by atoms with Gasteiger partial charge in [-0.05, 0) is 29.8 Å². The Labute approximate surface area is 137 Å². The monoisotopic (exact) mass is 335 g/mol. The highest BCUT2D eigenvalue weighted by Gasteiger charge is 2.18. The summed E-state index contributed by atoms with van der Waals surface area (Å²) in [6.07, 6.45) is 2.58. The van der Waals surface area contributed by atoms with Crippen molar-refractivity contribution in [2.24, 2.45) is 0 Å². The second kappa shape index (κ2) is 6.13. The van der Waals surface area contributed by atoms with Gasteiger partial charge in [0, 0.05) is 39.1 Å². The van der Waals surface area contributed by atoms with Crippen molar-refractivity contribution >= 4 is 23.2 Å². The SMILES string of the molecule is O[C@H](c1ccc(F)cc1)c1c[nH]cc1-c1ccc(Cl)cc1Cl. The van der Waals surface area contributed by atoms with Crippen LogP contribution < -0.4 is 0 Å². The molecule has 0 amide bonds. The summed E-state index contributed by atoms with van der Waals surface area (Å²) in [6.45, 7) is 0. The molecule has 0 saturated carbocycles. The standard InChI is InChI=1S/C17H12Cl2FNO/c18-11-3-6-13(16(19)7-11)14-8-21-9-15(14)17(22)10-1-4-12(20)5-2-10/h1-9,17,21-22H/t17-/m1/s1. The molecule has 0 unspecified atom stereocenters. The average molecular weight is 336 g/mol. The van der Waals surface area contributed by atoms with E-state index in [1.807, 2.05) is 0 Å². The number of aromatic nitrogens is 1. The first-order valence-electron chi connectivity index (χ1n) is 6.62. The molecule has 0 spiro atoms. The molecule has 0 saturated heterocycles. The zero-order chi connectivity index (χ0) is 15.7. The van der Waals surface area contributed by atoms with Crippen molar-refractivity contribution in [3.05, 3.63) is 81.8 Å². The molecular formula is C17H12Cl2FNO. The van der Waals surface area contributed by atoms with Crippen LogP contribution in [0, 0.1) is 5.82 Å². The predicted molar refractivity (Wildman–Crippen MR) is 86.7 cm³/mol. The van der Waals surface area contributed by atoms with Crippen LogP contribution in [0.1, 0.15) is 17.2 Å². The molecule has 3 aromatic rings. The van der Waals surface area contributed by atoms with E-state index >= 15 is 0 Å². The quantitative estimate of drug-likeness (QED) is 0.677. The number of hydrogen-bond donors (Lipinski definition) is 2. The molecule has 112 valence electrons. The van der Waals surface area contributed by atoms with Gasteiger partial charge in [0.05, 0.1) is 0 Å². The van der Waals surface area contributed by atoms with Gasteiger partial charge < -0.3 is 10.1 Å². The van der Waals surface area contributed by atoms with Crippen LogP contribution in [0.5, 0.6) is 0 Å². The summed E-state index contributed by atoms with van der Waals surface area (Å²) in [5, 5.41) is 11.6. The average Bonchev–Trinajstić information content (AvgIpc) is 2.96. The number of aliphatic hydroxyl groups excluding tert-OH is 1. The van der Waals surface area contributed by atoms with Crippen LogP contribution in [-0.4, -0.2) is 10.1 Å². The summed E-state index contributed by atoms with van der Waals surface area (Å²) in [5.74, 6) is -0.342. The third-order valence-corrected chi connectivity index (χ3v) is 4.03. The minimum Gasteiger partial charge on any atom is -0.384 e. The third kappa shape index (κ3) is 2.88. The van der Waals surface area contributed by atoms with Crippen LogP contribution >= 0.6 is 23.2 Å². The number of benzene rings is 2. The maximum Gasteiger partial charge on any atom is 0.123 e. The van der Waals surface area contributed by atoms with Crippen molar-refractivity contribution in [1.29, 1.82) is 0 Å². The van der Waals surface area contributed by atoms with Crippen LogP contribution in [-0.2, 0) is 0 Å². The van der Waals surface area contributed by atoms with Crippen molar-refractivity contribution in [3.8, 4) is 11.1 Å². The van der Waals surface area contributed by atoms with Gasteiger partial charge in [-0.15, -0.1) is 0 Å². The molecule has 22 heavy (non-hydrogen) atoms. The molecule has 0 aliphatic rings. The number of H-pyrrole nitrogens is 1. The minimum atomic E-state index is -0.881. The normalized spacial score (nSPS) is 12.4. The summed E-state index contributed by atoms with van der Waals surface area (Å²) >= 11 is 12.1. The lowest BCUT2D eigenvalue weighted by Crippen LogP contribution is -2.00. The van der Waals surface area contributed by atoms with Crippen LogP contribution in [0.15, 0.2) is 54.9 Å². The molecule has 0 bridgehead atoms. The zero-order valence-electron chi connectivity index (χ0n) is 11.4. The van der Waals surface area contributed by atoms with Gasteiger partial charge in [0.2, 0.25) is 0 Å². The number of halogens is 3. The van der Waals surface area contributed by atoms with E-state index in [1.54, 1.807) is 42.7 Å². The van der Waals surface area contributed by atoms with E-state index in [4.69, 9.17) is 23.2 Å². The lowest BCUT2D eigenvalue weighted by atomic mass is 9.97. The molecule has 0 fully saturated rings. The Morgan fingerprint density at radius 3 is 2.36 bits per heavy atom. The van der Waals surface area contributed by atoms with E-state index in [2.05, 4.69) is 4.98 Å². The van der Waals surface area contributed by atoms with Gasteiger partial charge in [-0.1, -0.05) is 41.4 Å². The largest absolute Gasteiger partial charge is 0.384 e. The molecule has 2 nitrogen and oxygen atoms in total. The predicted octanol–water partition coefficient (Wildman–Crippen LogP) is 5.21. The maximum atomic E-state index is 13.0. The Morgan fingerprint density at radius 1 is 0.955 bits per heavy atom. The molecule has 3 rings (SSSR count). The van der Waals surface area contributed by atoms with Crippen molar-refractivity contribution in [2.75, 3.05) is 0 Å². The second-order valence-corrected chi connectivity index (χ2v) is 5.75. The van der Waals surface area contributed by atoms with Gasteiger partial charge in [0.15, 0.2) is 0 Å². The van der Waals surface area contributed by atoms with E-state index in [1.165, 1.54) is 12.1 Å². The first-order chi connectivity index (χ1) is 10.6. The Morgan fingerprint density at radius 2 is 1.68 bits per heavy atom. The number of nitrogens with one attached hydrogen (secondary N) is 1. The Hall–Kier alpha value is -1.81. The van der Waals surface area contributed by atoms with Crippen LogP contribution in [0.3, 0.4) is 0 Å². The van der Waals surface area contributed by atoms with Crippen LogP contribution in [0.4, 0.5) is 4.39 Å². The molecule has 0 aliphatic carbocycles. The Balaban J connectivity index is 2.03. The van der Waals surface area contributed by atoms with E-state index in [9.17, 15) is 9.50 Å². The fourth-order valence-corrected chi connectivity index (χ4v) is 2.88. The van der Waals surface area contributed by atoms with Crippen LogP contribution in [0.25, 0.3) is 11.1 Å². The van der Waals surface area contributed by atoms with E-state index < -0.39 is 6.10 Å². The van der Waals surface area contributed by atoms with E-state index in [0.717, 1.165) is 11.1 Å². The highest BCUT2D eigenvalue weighted by molar-refractivity contribution is 6.36. The number of rotatable bonds is 3. The fraction of sp³-hybridized carbons (Fsp3) is 0.0588. The number of aromatic amines is 1. The Bertz CT molecular complexity index is 799. The molecule has 1 heterocycles. The van der Waals surface area contributed by atoms with Gasteiger partial charge in [-0.3, -0.25) is 0 Å². The topological polar surface area (TPSA) is 36.0 Å². The first-order valence-corrected chi connectivity index (χ1v) is 7.37. The molecule has 0 radical (unpaired) electrons.